The van der Waals surface area contributed by atoms with Crippen LogP contribution in [-0.4, -0.2) is 11.1 Å². The first kappa shape index (κ1) is 14.2. The van der Waals surface area contributed by atoms with E-state index in [-0.39, 0.29) is 12.2 Å². The number of carbonyl (C=O) groups is 1. The maximum atomic E-state index is 13.3. The van der Waals surface area contributed by atoms with Gasteiger partial charge in [-0.2, -0.15) is 0 Å². The average Bonchev–Trinajstić information content (AvgIpc) is 2.41. The Kier molecular flexibility index (Phi) is 4.15. The molecule has 2 aromatic carbocycles. The summed E-state index contributed by atoms with van der Waals surface area (Å²) in [5, 5.41) is 8.78. The van der Waals surface area contributed by atoms with Gasteiger partial charge >= 0.3 is 5.97 Å². The van der Waals surface area contributed by atoms with Crippen LogP contribution in [0.4, 0.5) is 4.39 Å². The predicted molar refractivity (Wildman–Crippen MR) is 75.8 cm³/mol. The number of carboxylic acid groups (broad SMARTS) is 1. The maximum Gasteiger partial charge on any atom is 0.305 e. The maximum absolute atomic E-state index is 13.3. The summed E-state index contributed by atoms with van der Waals surface area (Å²) in [6.07, 6.45) is -0.119. The van der Waals surface area contributed by atoms with Crippen LogP contribution >= 0.6 is 0 Å². The van der Waals surface area contributed by atoms with Gasteiger partial charge in [0.15, 0.2) is 0 Å². The van der Waals surface area contributed by atoms with Crippen molar-refractivity contribution in [1.82, 2.24) is 0 Å². The summed E-state index contributed by atoms with van der Waals surface area (Å²) in [5.41, 5.74) is 8.96. The molecule has 0 aromatic heterocycles. The van der Waals surface area contributed by atoms with Gasteiger partial charge in [0.2, 0.25) is 0 Å². The number of benzene rings is 2. The lowest BCUT2D eigenvalue weighted by Gasteiger charge is -2.11. The Hall–Kier alpha value is -2.20. The molecule has 2 rings (SSSR count). The van der Waals surface area contributed by atoms with Crippen LogP contribution in [0.25, 0.3) is 11.1 Å². The molecule has 1 atom stereocenters. The van der Waals surface area contributed by atoms with E-state index < -0.39 is 12.0 Å². The minimum absolute atomic E-state index is 0.119. The van der Waals surface area contributed by atoms with Gasteiger partial charge in [-0.15, -0.1) is 0 Å². The standard InChI is InChI=1S/C16H16FNO2/c1-10-7-12(5-6-14(10)17)11-3-2-4-13(8-11)15(18)9-16(19)20/h2-8,15H,9,18H2,1H3,(H,19,20). The molecule has 0 amide bonds. The molecule has 4 heteroatoms. The molecule has 0 aliphatic carbocycles. The number of hydrogen-bond acceptors (Lipinski definition) is 2. The highest BCUT2D eigenvalue weighted by atomic mass is 19.1. The lowest BCUT2D eigenvalue weighted by Crippen LogP contribution is -2.14. The molecule has 2 aromatic rings. The Morgan fingerprint density at radius 2 is 1.95 bits per heavy atom. The van der Waals surface area contributed by atoms with Crippen molar-refractivity contribution in [3.8, 4) is 11.1 Å². The zero-order valence-electron chi connectivity index (χ0n) is 11.1. The average molecular weight is 273 g/mol. The Labute approximate surface area is 116 Å². The highest BCUT2D eigenvalue weighted by Gasteiger charge is 2.11. The van der Waals surface area contributed by atoms with Crippen LogP contribution in [0, 0.1) is 12.7 Å². The zero-order valence-corrected chi connectivity index (χ0v) is 11.1. The van der Waals surface area contributed by atoms with Crippen LogP contribution < -0.4 is 5.73 Å². The van der Waals surface area contributed by atoms with E-state index in [2.05, 4.69) is 0 Å². The molecule has 0 saturated heterocycles. The molecule has 0 spiro atoms. The fourth-order valence-electron chi connectivity index (χ4n) is 2.08. The molecule has 0 fully saturated rings. The van der Waals surface area contributed by atoms with Crippen molar-refractivity contribution in [2.24, 2.45) is 5.73 Å². The summed E-state index contributed by atoms with van der Waals surface area (Å²) in [4.78, 5) is 10.7. The van der Waals surface area contributed by atoms with Gasteiger partial charge in [-0.1, -0.05) is 24.3 Å². The molecule has 0 heterocycles. The second kappa shape index (κ2) is 5.84. The van der Waals surface area contributed by atoms with Gasteiger partial charge in [0.25, 0.3) is 0 Å². The van der Waals surface area contributed by atoms with Gasteiger partial charge in [0, 0.05) is 6.04 Å². The third-order valence-electron chi connectivity index (χ3n) is 3.20. The first-order valence-electron chi connectivity index (χ1n) is 6.31. The summed E-state index contributed by atoms with van der Waals surface area (Å²) < 4.78 is 13.3. The topological polar surface area (TPSA) is 63.3 Å². The molecule has 0 saturated carbocycles. The van der Waals surface area contributed by atoms with Crippen molar-refractivity contribution in [2.45, 2.75) is 19.4 Å². The highest BCUT2D eigenvalue weighted by Crippen LogP contribution is 2.25. The summed E-state index contributed by atoms with van der Waals surface area (Å²) in [7, 11) is 0. The molecule has 104 valence electrons. The lowest BCUT2D eigenvalue weighted by molar-refractivity contribution is -0.137. The van der Waals surface area contributed by atoms with Crippen molar-refractivity contribution in [1.29, 1.82) is 0 Å². The molecular formula is C16H16FNO2. The monoisotopic (exact) mass is 273 g/mol. The van der Waals surface area contributed by atoms with E-state index in [1.807, 2.05) is 18.2 Å². The summed E-state index contributed by atoms with van der Waals surface area (Å²) in [5.74, 6) is -1.17. The Morgan fingerprint density at radius 1 is 1.25 bits per heavy atom. The van der Waals surface area contributed by atoms with E-state index in [1.54, 1.807) is 25.1 Å². The highest BCUT2D eigenvalue weighted by molar-refractivity contribution is 5.69. The van der Waals surface area contributed by atoms with Gasteiger partial charge in [0.05, 0.1) is 6.42 Å². The minimum atomic E-state index is -0.930. The molecular weight excluding hydrogens is 257 g/mol. The van der Waals surface area contributed by atoms with Crippen LogP contribution in [0.2, 0.25) is 0 Å². The summed E-state index contributed by atoms with van der Waals surface area (Å²) in [6, 6.07) is 11.7. The molecule has 1 unspecified atom stereocenters. The second-order valence-electron chi connectivity index (χ2n) is 4.79. The Morgan fingerprint density at radius 3 is 2.60 bits per heavy atom. The number of nitrogens with two attached hydrogens (primary N) is 1. The second-order valence-corrected chi connectivity index (χ2v) is 4.79. The predicted octanol–water partition coefficient (Wildman–Crippen LogP) is 3.28. The third kappa shape index (κ3) is 3.22. The van der Waals surface area contributed by atoms with E-state index in [1.165, 1.54) is 6.07 Å². The molecule has 3 nitrogen and oxygen atoms in total. The fraction of sp³-hybridized carbons (Fsp3) is 0.188. The van der Waals surface area contributed by atoms with E-state index in [0.717, 1.165) is 16.7 Å². The van der Waals surface area contributed by atoms with Crippen molar-refractivity contribution in [3.05, 3.63) is 59.4 Å². The van der Waals surface area contributed by atoms with Gasteiger partial charge < -0.3 is 10.8 Å². The molecule has 20 heavy (non-hydrogen) atoms. The fourth-order valence-corrected chi connectivity index (χ4v) is 2.08. The third-order valence-corrected chi connectivity index (χ3v) is 3.20. The first-order chi connectivity index (χ1) is 9.47. The van der Waals surface area contributed by atoms with Crippen LogP contribution in [0.15, 0.2) is 42.5 Å². The SMILES string of the molecule is Cc1cc(-c2cccc(C(N)CC(=O)O)c2)ccc1F. The minimum Gasteiger partial charge on any atom is -0.481 e. The van der Waals surface area contributed by atoms with Crippen molar-refractivity contribution in [2.75, 3.05) is 0 Å². The molecule has 0 aliphatic rings. The van der Waals surface area contributed by atoms with E-state index in [4.69, 9.17) is 10.8 Å². The van der Waals surface area contributed by atoms with E-state index in [0.29, 0.717) is 5.56 Å². The molecule has 0 bridgehead atoms. The largest absolute Gasteiger partial charge is 0.481 e. The van der Waals surface area contributed by atoms with Gasteiger partial charge in [-0.25, -0.2) is 4.39 Å². The zero-order chi connectivity index (χ0) is 14.7. The van der Waals surface area contributed by atoms with Crippen LogP contribution in [0.5, 0.6) is 0 Å². The van der Waals surface area contributed by atoms with E-state index in [9.17, 15) is 9.18 Å². The van der Waals surface area contributed by atoms with Gasteiger partial charge in [-0.05, 0) is 47.4 Å². The van der Waals surface area contributed by atoms with E-state index >= 15 is 0 Å². The first-order valence-corrected chi connectivity index (χ1v) is 6.31. The molecule has 3 N–H and O–H groups in total. The van der Waals surface area contributed by atoms with Crippen LogP contribution in [-0.2, 0) is 4.79 Å². The normalized spacial score (nSPS) is 12.2. The molecule has 0 radical (unpaired) electrons. The lowest BCUT2D eigenvalue weighted by atomic mass is 9.97. The number of aryl methyl sites for hydroxylation is 1. The van der Waals surface area contributed by atoms with Gasteiger partial charge in [0.1, 0.15) is 5.82 Å². The quantitative estimate of drug-likeness (QED) is 0.898. The van der Waals surface area contributed by atoms with Crippen molar-refractivity contribution in [3.63, 3.8) is 0 Å². The number of halogens is 1. The Balaban J connectivity index is 2.33. The van der Waals surface area contributed by atoms with Gasteiger partial charge in [-0.3, -0.25) is 4.79 Å². The number of aliphatic carboxylic acids is 1. The van der Waals surface area contributed by atoms with Crippen LogP contribution in [0.3, 0.4) is 0 Å². The number of carboxylic acids is 1. The Bertz CT molecular complexity index is 640. The number of hydrogen-bond donors (Lipinski definition) is 2. The van der Waals surface area contributed by atoms with Crippen molar-refractivity contribution < 1.29 is 14.3 Å². The number of rotatable bonds is 4. The van der Waals surface area contributed by atoms with Crippen molar-refractivity contribution >= 4 is 5.97 Å². The summed E-state index contributed by atoms with van der Waals surface area (Å²) >= 11 is 0. The molecule has 0 aliphatic heterocycles. The summed E-state index contributed by atoms with van der Waals surface area (Å²) in [6.45, 7) is 1.71. The smallest absolute Gasteiger partial charge is 0.305 e. The van der Waals surface area contributed by atoms with Crippen LogP contribution in [0.1, 0.15) is 23.6 Å².